The summed E-state index contributed by atoms with van der Waals surface area (Å²) >= 11 is 0. The molecule has 0 N–H and O–H groups in total. The second-order valence-electron chi connectivity index (χ2n) is 4.28. The first-order chi connectivity index (χ1) is 9.52. The molecule has 0 aromatic heterocycles. The Bertz CT molecular complexity index is 594. The maximum absolute atomic E-state index is 13.8. The summed E-state index contributed by atoms with van der Waals surface area (Å²) in [7, 11) is 0. The molecule has 0 unspecified atom stereocenters. The molecule has 101 valence electrons. The number of benzene rings is 1. The molecule has 21 heavy (non-hydrogen) atoms. The smallest absolute Gasteiger partial charge is 0.203 e. The molecule has 0 nitrogen and oxygen atoms in total. The van der Waals surface area contributed by atoms with E-state index in [2.05, 4.69) is 0 Å². The van der Waals surface area contributed by atoms with Crippen molar-refractivity contribution in [3.63, 3.8) is 0 Å². The standard InChI is InChI=1S/C15H6F5.Na/c16-11-10(12(17)14(19)15(20)13(11)18)9-6-5-7-3-1-2-4-8(7)9;/h1-6H;/q;+1. The summed E-state index contributed by atoms with van der Waals surface area (Å²) in [6.45, 7) is 0. The van der Waals surface area contributed by atoms with Crippen LogP contribution in [0.1, 0.15) is 5.56 Å². The van der Waals surface area contributed by atoms with E-state index in [9.17, 15) is 22.0 Å². The molecule has 2 aliphatic rings. The molecule has 5 radical (unpaired) electrons. The summed E-state index contributed by atoms with van der Waals surface area (Å²) < 4.78 is 67.0. The molecule has 0 amide bonds. The molecule has 0 atom stereocenters. The molecule has 0 bridgehead atoms. The molecule has 3 rings (SSSR count). The quantitative estimate of drug-likeness (QED) is 0.314. The van der Waals surface area contributed by atoms with Gasteiger partial charge in [0.05, 0.1) is 0 Å². The summed E-state index contributed by atoms with van der Waals surface area (Å²) in [6, 6.07) is 0. The second-order valence-corrected chi connectivity index (χ2v) is 4.28. The van der Waals surface area contributed by atoms with Gasteiger partial charge in [0.1, 0.15) is 0 Å². The van der Waals surface area contributed by atoms with Crippen molar-refractivity contribution >= 4 is 0 Å². The fraction of sp³-hybridized carbons (Fsp3) is 0. The minimum atomic E-state index is -2.15. The molecule has 1 aromatic carbocycles. The Morgan fingerprint density at radius 2 is 1.10 bits per heavy atom. The number of hydrogen-bond donors (Lipinski definition) is 0. The topological polar surface area (TPSA) is 0 Å². The Labute approximate surface area is 141 Å². The molecule has 1 saturated carbocycles. The van der Waals surface area contributed by atoms with Crippen molar-refractivity contribution in [1.29, 1.82) is 0 Å². The van der Waals surface area contributed by atoms with Crippen LogP contribution in [-0.2, 0) is 0 Å². The van der Waals surface area contributed by atoms with E-state index in [-0.39, 0.29) is 35.5 Å². The molecule has 0 aliphatic heterocycles. The van der Waals surface area contributed by atoms with Gasteiger partial charge >= 0.3 is 29.6 Å². The summed E-state index contributed by atoms with van der Waals surface area (Å²) in [5, 5.41) is 0. The number of allylic oxidation sites excluding steroid dienone is 4. The van der Waals surface area contributed by atoms with Gasteiger partial charge in [0.25, 0.3) is 0 Å². The maximum atomic E-state index is 13.8. The fourth-order valence-corrected chi connectivity index (χ4v) is 2.21. The van der Waals surface area contributed by atoms with Gasteiger partial charge < -0.3 is 0 Å². The van der Waals surface area contributed by atoms with Crippen molar-refractivity contribution in [2.75, 3.05) is 0 Å². The zero-order chi connectivity index (χ0) is 14.4. The van der Waals surface area contributed by atoms with Gasteiger partial charge in [-0.1, -0.05) is 24.3 Å². The Morgan fingerprint density at radius 1 is 0.571 bits per heavy atom. The first-order valence-electron chi connectivity index (χ1n) is 5.68. The fourth-order valence-electron chi connectivity index (χ4n) is 2.21. The monoisotopic (exact) mass is 304 g/mol. The van der Waals surface area contributed by atoms with E-state index in [0.717, 1.165) is 0 Å². The minimum absolute atomic E-state index is 0. The Morgan fingerprint density at radius 3 is 1.71 bits per heavy atom. The zero-order valence-corrected chi connectivity index (χ0v) is 12.9. The number of halogens is 5. The van der Waals surface area contributed by atoms with Crippen molar-refractivity contribution in [3.8, 4) is 0 Å². The normalized spacial score (nSPS) is 18.9. The van der Waals surface area contributed by atoms with Crippen molar-refractivity contribution in [2.45, 2.75) is 0 Å². The molecular formula is C15H6F5Na+. The average molecular weight is 304 g/mol. The summed E-state index contributed by atoms with van der Waals surface area (Å²) in [4.78, 5) is 0. The number of hydrogen-bond acceptors (Lipinski definition) is 0. The molecule has 6 heteroatoms. The predicted molar refractivity (Wildman–Crippen MR) is 61.9 cm³/mol. The largest absolute Gasteiger partial charge is 1.00 e. The van der Waals surface area contributed by atoms with E-state index in [4.69, 9.17) is 0 Å². The van der Waals surface area contributed by atoms with E-state index in [1.165, 1.54) is 6.42 Å². The molecule has 0 spiro atoms. The van der Waals surface area contributed by atoms with Gasteiger partial charge in [-0.3, -0.25) is 0 Å². The van der Waals surface area contributed by atoms with Crippen LogP contribution < -0.4 is 29.6 Å². The van der Waals surface area contributed by atoms with Gasteiger partial charge in [-0.05, 0) is 12.8 Å². The molecule has 2 aliphatic carbocycles. The van der Waals surface area contributed by atoms with Gasteiger partial charge in [0, 0.05) is 23.3 Å². The molecule has 1 fully saturated rings. The van der Waals surface area contributed by atoms with E-state index < -0.39 is 34.6 Å². The van der Waals surface area contributed by atoms with Crippen molar-refractivity contribution in [1.82, 2.24) is 0 Å². The average Bonchev–Trinajstić information content (AvgIpc) is 2.87. The van der Waals surface area contributed by atoms with Crippen LogP contribution >= 0.6 is 0 Å². The van der Waals surface area contributed by atoms with Crippen LogP contribution in [0.2, 0.25) is 0 Å². The summed E-state index contributed by atoms with van der Waals surface area (Å²) in [6.07, 6.45) is 9.47. The molecule has 1 aromatic rings. The summed E-state index contributed by atoms with van der Waals surface area (Å²) in [5.74, 6) is -8.61. The third kappa shape index (κ3) is 2.60. The predicted octanol–water partition coefficient (Wildman–Crippen LogP) is 1.01. The van der Waals surface area contributed by atoms with Gasteiger partial charge in [-0.15, -0.1) is 0 Å². The van der Waals surface area contributed by atoms with Crippen LogP contribution in [0.25, 0.3) is 0 Å². The van der Waals surface area contributed by atoms with Crippen LogP contribution in [0.15, 0.2) is 24.3 Å². The van der Waals surface area contributed by atoms with E-state index in [1.54, 1.807) is 30.7 Å². The van der Waals surface area contributed by atoms with Crippen LogP contribution in [0.5, 0.6) is 0 Å². The maximum Gasteiger partial charge on any atom is 1.00 e. The van der Waals surface area contributed by atoms with Gasteiger partial charge in [-0.2, -0.15) is 0 Å². The van der Waals surface area contributed by atoms with Gasteiger partial charge in [0.2, 0.25) is 5.82 Å². The van der Waals surface area contributed by atoms with Gasteiger partial charge in [-0.25, -0.2) is 22.0 Å². The Balaban J connectivity index is 0.00000161. The van der Waals surface area contributed by atoms with Crippen molar-refractivity contribution in [2.24, 2.45) is 0 Å². The number of fused-ring (bicyclic) bond motifs is 1. The van der Waals surface area contributed by atoms with Crippen LogP contribution in [-0.4, -0.2) is 0 Å². The zero-order valence-electron chi connectivity index (χ0n) is 10.9. The molecule has 0 heterocycles. The van der Waals surface area contributed by atoms with E-state index in [1.807, 2.05) is 0 Å². The Hall–Kier alpha value is -0.650. The van der Waals surface area contributed by atoms with Crippen molar-refractivity contribution in [3.05, 3.63) is 89.5 Å². The number of rotatable bonds is 1. The van der Waals surface area contributed by atoms with Crippen LogP contribution in [0.4, 0.5) is 22.0 Å². The first-order valence-corrected chi connectivity index (χ1v) is 5.68. The minimum Gasteiger partial charge on any atom is -0.203 e. The van der Waals surface area contributed by atoms with E-state index >= 15 is 0 Å². The second kappa shape index (κ2) is 6.23. The van der Waals surface area contributed by atoms with Gasteiger partial charge in [0.15, 0.2) is 23.3 Å². The van der Waals surface area contributed by atoms with E-state index in [0.29, 0.717) is 11.8 Å². The Kier molecular flexibility index (Phi) is 4.96. The van der Waals surface area contributed by atoms with Crippen molar-refractivity contribution < 1.29 is 51.5 Å². The molecule has 0 saturated heterocycles. The molecular weight excluding hydrogens is 298 g/mol. The summed E-state index contributed by atoms with van der Waals surface area (Å²) in [5.41, 5.74) is -0.900. The van der Waals surface area contributed by atoms with Crippen LogP contribution in [0, 0.1) is 59.7 Å². The SMILES string of the molecule is Fc1c(F)c(F)c([C]2[CH][CH][C]3C=CC=C[C]32)c(F)c1F.[Na+]. The van der Waals surface area contributed by atoms with Crippen LogP contribution in [0.3, 0.4) is 0 Å². The third-order valence-electron chi connectivity index (χ3n) is 3.16. The third-order valence-corrected chi connectivity index (χ3v) is 3.16. The first kappa shape index (κ1) is 16.7.